The van der Waals surface area contributed by atoms with E-state index in [1.54, 1.807) is 42.5 Å². The molecule has 2 rings (SSSR count). The monoisotopic (exact) mass is 246 g/mol. The number of nitrogens with zero attached hydrogens (tertiary/aromatic N) is 2. The highest BCUT2D eigenvalue weighted by molar-refractivity contribution is 6.11. The van der Waals surface area contributed by atoms with E-state index in [0.717, 1.165) is 11.3 Å². The lowest BCUT2D eigenvalue weighted by atomic mass is 10.2. The van der Waals surface area contributed by atoms with Crippen molar-refractivity contribution in [2.24, 2.45) is 4.99 Å². The van der Waals surface area contributed by atoms with Gasteiger partial charge in [0.2, 0.25) is 5.90 Å². The molecule has 0 spiro atoms. The average molecular weight is 246 g/mol. The molecule has 5 nitrogen and oxygen atoms in total. The molecule has 0 N–H and O–H groups in total. The Morgan fingerprint density at radius 1 is 1.28 bits per heavy atom. The molecule has 1 aliphatic heterocycles. The zero-order valence-corrected chi connectivity index (χ0v) is 10.5. The molecule has 94 valence electrons. The molecule has 0 atom stereocenters. The minimum Gasteiger partial charge on any atom is -0.497 e. The predicted molar refractivity (Wildman–Crippen MR) is 67.4 cm³/mol. The van der Waals surface area contributed by atoms with Gasteiger partial charge in [0.1, 0.15) is 5.75 Å². The molecule has 0 amide bonds. The van der Waals surface area contributed by atoms with Gasteiger partial charge in [-0.1, -0.05) is 0 Å². The normalized spacial score (nSPS) is 16.5. The van der Waals surface area contributed by atoms with E-state index in [-0.39, 0.29) is 0 Å². The minimum atomic E-state index is -0.436. The smallest absolute Gasteiger partial charge is 0.365 e. The van der Waals surface area contributed by atoms with Crippen LogP contribution in [0.1, 0.15) is 5.56 Å². The molecule has 1 heterocycles. The van der Waals surface area contributed by atoms with Gasteiger partial charge in [-0.15, -0.1) is 0 Å². The van der Waals surface area contributed by atoms with E-state index >= 15 is 0 Å². The van der Waals surface area contributed by atoms with E-state index in [0.29, 0.717) is 11.6 Å². The molecule has 0 bridgehead atoms. The average Bonchev–Trinajstić information content (AvgIpc) is 2.70. The Morgan fingerprint density at radius 3 is 2.50 bits per heavy atom. The topological polar surface area (TPSA) is 51.1 Å². The van der Waals surface area contributed by atoms with Crippen molar-refractivity contribution in [1.82, 2.24) is 4.90 Å². The van der Waals surface area contributed by atoms with Crippen LogP contribution in [-0.2, 0) is 9.53 Å². The molecular weight excluding hydrogens is 232 g/mol. The fourth-order valence-corrected chi connectivity index (χ4v) is 1.50. The van der Waals surface area contributed by atoms with Crippen LogP contribution in [0.3, 0.4) is 0 Å². The van der Waals surface area contributed by atoms with E-state index in [2.05, 4.69) is 4.99 Å². The maximum atomic E-state index is 11.6. The van der Waals surface area contributed by atoms with Crippen molar-refractivity contribution < 1.29 is 14.3 Å². The molecule has 0 unspecified atom stereocenters. The second-order valence-corrected chi connectivity index (χ2v) is 4.01. The third kappa shape index (κ3) is 2.51. The van der Waals surface area contributed by atoms with Gasteiger partial charge in [0, 0.05) is 25.9 Å². The summed E-state index contributed by atoms with van der Waals surface area (Å²) in [6.07, 6.45) is 1.62. The molecule has 0 radical (unpaired) electrons. The largest absolute Gasteiger partial charge is 0.497 e. The van der Waals surface area contributed by atoms with E-state index in [9.17, 15) is 4.79 Å². The Morgan fingerprint density at radius 2 is 1.94 bits per heavy atom. The molecule has 0 saturated carbocycles. The molecule has 1 aliphatic rings. The van der Waals surface area contributed by atoms with Crippen LogP contribution in [-0.4, -0.2) is 38.0 Å². The van der Waals surface area contributed by atoms with E-state index in [1.165, 1.54) is 0 Å². The lowest BCUT2D eigenvalue weighted by Gasteiger charge is -2.02. The highest BCUT2D eigenvalue weighted by Crippen LogP contribution is 2.18. The van der Waals surface area contributed by atoms with Gasteiger partial charge in [-0.3, -0.25) is 0 Å². The standard InChI is InChI=1S/C13H14N2O3/c1-15(2)8-11-13(16)18-12(14-11)9-4-6-10(17-3)7-5-9/h4-8H,1-3H3/b11-8-. The number of carbonyl (C=O) groups is 1. The van der Waals surface area contributed by atoms with Crippen LogP contribution in [0.25, 0.3) is 0 Å². The Balaban J connectivity index is 2.26. The molecule has 18 heavy (non-hydrogen) atoms. The van der Waals surface area contributed by atoms with Crippen LogP contribution in [0.2, 0.25) is 0 Å². The summed E-state index contributed by atoms with van der Waals surface area (Å²) in [5.74, 6) is 0.623. The van der Waals surface area contributed by atoms with Crippen LogP contribution < -0.4 is 4.74 Å². The number of hydrogen-bond donors (Lipinski definition) is 0. The number of carbonyl (C=O) groups excluding carboxylic acids is 1. The summed E-state index contributed by atoms with van der Waals surface area (Å²) in [6.45, 7) is 0. The van der Waals surface area contributed by atoms with E-state index < -0.39 is 5.97 Å². The summed E-state index contributed by atoms with van der Waals surface area (Å²) in [4.78, 5) is 17.5. The lowest BCUT2D eigenvalue weighted by Crippen LogP contribution is -2.07. The SMILES string of the molecule is COc1ccc(C2=N/C(=C\N(C)C)C(=O)O2)cc1. The van der Waals surface area contributed by atoms with E-state index in [1.807, 2.05) is 14.1 Å². The van der Waals surface area contributed by atoms with Crippen LogP contribution in [0.15, 0.2) is 41.2 Å². The molecule has 0 fully saturated rings. The van der Waals surface area contributed by atoms with Crippen LogP contribution in [0.4, 0.5) is 0 Å². The van der Waals surface area contributed by atoms with Crippen molar-refractivity contribution in [3.05, 3.63) is 41.7 Å². The summed E-state index contributed by atoms with van der Waals surface area (Å²) in [5, 5.41) is 0. The van der Waals surface area contributed by atoms with Gasteiger partial charge in [-0.2, -0.15) is 0 Å². The molecule has 1 aromatic rings. The van der Waals surface area contributed by atoms with Crippen molar-refractivity contribution >= 4 is 11.9 Å². The predicted octanol–water partition coefficient (Wildman–Crippen LogP) is 1.40. The van der Waals surface area contributed by atoms with E-state index in [4.69, 9.17) is 9.47 Å². The molecule has 1 aromatic carbocycles. The van der Waals surface area contributed by atoms with Crippen molar-refractivity contribution in [2.75, 3.05) is 21.2 Å². The maximum absolute atomic E-state index is 11.6. The van der Waals surface area contributed by atoms with Crippen molar-refractivity contribution in [2.45, 2.75) is 0 Å². The number of cyclic esters (lactones) is 1. The molecule has 0 saturated heterocycles. The first-order chi connectivity index (χ1) is 8.60. The zero-order chi connectivity index (χ0) is 13.1. The number of rotatable bonds is 3. The first kappa shape index (κ1) is 12.2. The Hall–Kier alpha value is -2.30. The number of hydrogen-bond acceptors (Lipinski definition) is 5. The Labute approximate surface area is 105 Å². The summed E-state index contributed by atoms with van der Waals surface area (Å²) in [7, 11) is 5.24. The first-order valence-electron chi connectivity index (χ1n) is 5.43. The molecule has 0 aromatic heterocycles. The van der Waals surface area contributed by atoms with Gasteiger partial charge in [0.25, 0.3) is 0 Å². The Kier molecular flexibility index (Phi) is 3.32. The van der Waals surface area contributed by atoms with Gasteiger partial charge in [-0.05, 0) is 24.3 Å². The van der Waals surface area contributed by atoms with Gasteiger partial charge in [0.05, 0.1) is 7.11 Å². The highest BCUT2D eigenvalue weighted by atomic mass is 16.6. The molecular formula is C13H14N2O3. The van der Waals surface area contributed by atoms with Gasteiger partial charge < -0.3 is 14.4 Å². The van der Waals surface area contributed by atoms with Crippen LogP contribution >= 0.6 is 0 Å². The first-order valence-corrected chi connectivity index (χ1v) is 5.43. The zero-order valence-electron chi connectivity index (χ0n) is 10.5. The highest BCUT2D eigenvalue weighted by Gasteiger charge is 2.24. The lowest BCUT2D eigenvalue weighted by molar-refractivity contribution is -0.130. The quantitative estimate of drug-likeness (QED) is 0.597. The maximum Gasteiger partial charge on any atom is 0.365 e. The third-order valence-corrected chi connectivity index (χ3v) is 2.34. The second kappa shape index (κ2) is 4.91. The van der Waals surface area contributed by atoms with Crippen LogP contribution in [0.5, 0.6) is 5.75 Å². The second-order valence-electron chi connectivity index (χ2n) is 4.01. The third-order valence-electron chi connectivity index (χ3n) is 2.34. The number of esters is 1. The fourth-order valence-electron chi connectivity index (χ4n) is 1.50. The van der Waals surface area contributed by atoms with Crippen molar-refractivity contribution in [3.8, 4) is 5.75 Å². The van der Waals surface area contributed by atoms with Crippen molar-refractivity contribution in [3.63, 3.8) is 0 Å². The summed E-state index contributed by atoms with van der Waals surface area (Å²) in [5.41, 5.74) is 1.04. The van der Waals surface area contributed by atoms with Crippen LogP contribution in [0, 0.1) is 0 Å². The van der Waals surface area contributed by atoms with Crippen molar-refractivity contribution in [1.29, 1.82) is 0 Å². The summed E-state index contributed by atoms with van der Waals surface area (Å²) >= 11 is 0. The summed E-state index contributed by atoms with van der Waals surface area (Å²) < 4.78 is 10.2. The Bertz CT molecular complexity index is 516. The fraction of sp³-hybridized carbons (Fsp3) is 0.231. The number of aliphatic imine (C=N–C) groups is 1. The van der Waals surface area contributed by atoms with Gasteiger partial charge in [0.15, 0.2) is 5.70 Å². The summed E-state index contributed by atoms with van der Waals surface area (Å²) in [6, 6.07) is 7.17. The minimum absolute atomic E-state index is 0.297. The number of methoxy groups -OCH3 is 1. The molecule has 5 heteroatoms. The molecule has 0 aliphatic carbocycles. The van der Waals surface area contributed by atoms with Gasteiger partial charge in [-0.25, -0.2) is 9.79 Å². The van der Waals surface area contributed by atoms with Gasteiger partial charge >= 0.3 is 5.97 Å². The number of ether oxygens (including phenoxy) is 2. The number of benzene rings is 1.